The van der Waals surface area contributed by atoms with Gasteiger partial charge in [0.05, 0.1) is 6.04 Å². The minimum Gasteiger partial charge on any atom is -0.480 e. The van der Waals surface area contributed by atoms with E-state index in [1.54, 1.807) is 0 Å². The van der Waals surface area contributed by atoms with Gasteiger partial charge >= 0.3 is 5.97 Å². The second-order valence-electron chi connectivity index (χ2n) is 7.67. The van der Waals surface area contributed by atoms with Gasteiger partial charge in [-0.3, -0.25) is 19.2 Å². The molecule has 11 heteroatoms. The summed E-state index contributed by atoms with van der Waals surface area (Å²) in [5, 5.41) is 16.8. The number of amides is 3. The van der Waals surface area contributed by atoms with Gasteiger partial charge in [0.15, 0.2) is 0 Å². The lowest BCUT2D eigenvalue weighted by atomic mass is 9.99. The van der Waals surface area contributed by atoms with Crippen LogP contribution in [0.25, 0.3) is 0 Å². The quantitative estimate of drug-likeness (QED) is 0.171. The Morgan fingerprint density at radius 3 is 2.00 bits per heavy atom. The van der Waals surface area contributed by atoms with Crippen LogP contribution in [0.5, 0.6) is 0 Å². The van der Waals surface area contributed by atoms with E-state index in [0.717, 1.165) is 6.42 Å². The van der Waals surface area contributed by atoms with E-state index in [9.17, 15) is 19.2 Å². The predicted octanol–water partition coefficient (Wildman–Crippen LogP) is -0.199. The molecule has 0 aliphatic rings. The molecule has 0 aromatic heterocycles. The Hall–Kier alpha value is -1.85. The van der Waals surface area contributed by atoms with Crippen molar-refractivity contribution in [2.45, 2.75) is 77.0 Å². The summed E-state index contributed by atoms with van der Waals surface area (Å²) in [7, 11) is 0. The molecule has 0 fully saturated rings. The van der Waals surface area contributed by atoms with Crippen molar-refractivity contribution in [3.63, 3.8) is 0 Å². The minimum atomic E-state index is -1.18. The normalized spacial score (nSPS) is 15.8. The lowest BCUT2D eigenvalue weighted by Crippen LogP contribution is -2.57. The van der Waals surface area contributed by atoms with Gasteiger partial charge < -0.3 is 32.5 Å². The first-order chi connectivity index (χ1) is 14.6. The molecule has 5 atom stereocenters. The van der Waals surface area contributed by atoms with Crippen LogP contribution in [0.3, 0.4) is 0 Å². The van der Waals surface area contributed by atoms with Crippen LogP contribution < -0.4 is 27.4 Å². The van der Waals surface area contributed by atoms with Crippen LogP contribution in [-0.2, 0) is 19.2 Å². The molecule has 0 saturated heterocycles. The fourth-order valence-electron chi connectivity index (χ4n) is 2.69. The molecule has 5 unspecified atom stereocenters. The van der Waals surface area contributed by atoms with Crippen LogP contribution in [0.1, 0.15) is 52.9 Å². The highest BCUT2D eigenvalue weighted by Gasteiger charge is 2.29. The minimum absolute atomic E-state index is 0.0449. The molecule has 0 aliphatic carbocycles. The average molecular weight is 462 g/mol. The lowest BCUT2D eigenvalue weighted by Gasteiger charge is -2.25. The van der Waals surface area contributed by atoms with Crippen molar-refractivity contribution < 1.29 is 24.3 Å². The standard InChI is InChI=1S/C20H39N5O5S/c1-5-12(2)16(22)19(28)25-15(9-11-31-4)18(27)24-14(8-6-7-10-21)17(26)23-13(3)20(29)30/h12-16H,5-11,21-22H2,1-4H3,(H,23,26)(H,24,27)(H,25,28)(H,29,30). The van der Waals surface area contributed by atoms with Crippen molar-refractivity contribution in [1.29, 1.82) is 0 Å². The molecule has 8 N–H and O–H groups in total. The van der Waals surface area contributed by atoms with Crippen LogP contribution in [0, 0.1) is 5.92 Å². The van der Waals surface area contributed by atoms with E-state index in [4.69, 9.17) is 16.6 Å². The largest absolute Gasteiger partial charge is 0.480 e. The van der Waals surface area contributed by atoms with Crippen LogP contribution in [0.4, 0.5) is 0 Å². The molecule has 10 nitrogen and oxygen atoms in total. The van der Waals surface area contributed by atoms with Gasteiger partial charge in [0.25, 0.3) is 0 Å². The summed E-state index contributed by atoms with van der Waals surface area (Å²) in [6.07, 6.45) is 4.52. The molecule has 180 valence electrons. The number of carboxylic acid groups (broad SMARTS) is 1. The molecule has 3 amide bonds. The first-order valence-electron chi connectivity index (χ1n) is 10.7. The van der Waals surface area contributed by atoms with Gasteiger partial charge in [-0.2, -0.15) is 11.8 Å². The van der Waals surface area contributed by atoms with Gasteiger partial charge in [-0.15, -0.1) is 0 Å². The van der Waals surface area contributed by atoms with E-state index >= 15 is 0 Å². The smallest absolute Gasteiger partial charge is 0.325 e. The van der Waals surface area contributed by atoms with Crippen LogP contribution in [0.2, 0.25) is 0 Å². The Balaban J connectivity index is 5.32. The molecule has 31 heavy (non-hydrogen) atoms. The number of carbonyl (C=O) groups excluding carboxylic acids is 3. The number of aliphatic carboxylic acids is 1. The molecular weight excluding hydrogens is 422 g/mol. The Labute approximate surface area is 189 Å². The van der Waals surface area contributed by atoms with Crippen molar-refractivity contribution in [2.24, 2.45) is 17.4 Å². The first-order valence-corrected chi connectivity index (χ1v) is 12.1. The molecule has 0 heterocycles. The Kier molecular flexibility index (Phi) is 14.9. The van der Waals surface area contributed by atoms with E-state index in [-0.39, 0.29) is 5.92 Å². The van der Waals surface area contributed by atoms with Crippen LogP contribution in [0.15, 0.2) is 0 Å². The fourth-order valence-corrected chi connectivity index (χ4v) is 3.17. The van der Waals surface area contributed by atoms with Crippen molar-refractivity contribution >= 4 is 35.5 Å². The summed E-state index contributed by atoms with van der Waals surface area (Å²) in [4.78, 5) is 49.0. The molecule has 0 spiro atoms. The van der Waals surface area contributed by atoms with Gasteiger partial charge in [0.2, 0.25) is 17.7 Å². The summed E-state index contributed by atoms with van der Waals surface area (Å²) >= 11 is 1.53. The number of carbonyl (C=O) groups is 4. The molecule has 0 aliphatic heterocycles. The lowest BCUT2D eigenvalue weighted by molar-refractivity contribution is -0.141. The predicted molar refractivity (Wildman–Crippen MR) is 122 cm³/mol. The van der Waals surface area contributed by atoms with Crippen molar-refractivity contribution in [1.82, 2.24) is 16.0 Å². The highest BCUT2D eigenvalue weighted by molar-refractivity contribution is 7.98. The number of thioether (sulfide) groups is 1. The van der Waals surface area contributed by atoms with E-state index in [0.29, 0.717) is 38.0 Å². The van der Waals surface area contributed by atoms with Crippen LogP contribution in [-0.4, -0.2) is 71.5 Å². The highest BCUT2D eigenvalue weighted by Crippen LogP contribution is 2.09. The second kappa shape index (κ2) is 15.9. The second-order valence-corrected chi connectivity index (χ2v) is 8.65. The number of hydrogen-bond acceptors (Lipinski definition) is 7. The van der Waals surface area contributed by atoms with Crippen molar-refractivity contribution in [2.75, 3.05) is 18.6 Å². The maximum Gasteiger partial charge on any atom is 0.325 e. The van der Waals surface area contributed by atoms with E-state index in [1.165, 1.54) is 18.7 Å². The SMILES string of the molecule is CCC(C)C(N)C(=O)NC(CCSC)C(=O)NC(CCCCN)C(=O)NC(C)C(=O)O. The summed E-state index contributed by atoms with van der Waals surface area (Å²) in [6, 6.07) is -3.62. The monoisotopic (exact) mass is 461 g/mol. The van der Waals surface area contributed by atoms with E-state index < -0.39 is 47.9 Å². The van der Waals surface area contributed by atoms with Gasteiger partial charge in [-0.1, -0.05) is 20.3 Å². The zero-order valence-electron chi connectivity index (χ0n) is 19.0. The zero-order valence-corrected chi connectivity index (χ0v) is 19.8. The third-order valence-corrected chi connectivity index (χ3v) is 5.76. The fraction of sp³-hybridized carbons (Fsp3) is 0.800. The maximum atomic E-state index is 12.9. The molecule has 0 aromatic carbocycles. The molecule has 0 rings (SSSR count). The number of nitrogens with one attached hydrogen (secondary N) is 3. The summed E-state index contributed by atoms with van der Waals surface area (Å²) in [5.41, 5.74) is 11.5. The summed E-state index contributed by atoms with van der Waals surface area (Å²) in [6.45, 7) is 5.57. The van der Waals surface area contributed by atoms with Gasteiger partial charge in [-0.25, -0.2) is 0 Å². The first kappa shape index (κ1) is 29.1. The molecule has 0 saturated carbocycles. The van der Waals surface area contributed by atoms with Gasteiger partial charge in [0, 0.05) is 0 Å². The van der Waals surface area contributed by atoms with Crippen molar-refractivity contribution in [3.8, 4) is 0 Å². The van der Waals surface area contributed by atoms with E-state index in [2.05, 4.69) is 16.0 Å². The third-order valence-electron chi connectivity index (χ3n) is 5.11. The highest BCUT2D eigenvalue weighted by atomic mass is 32.2. The number of nitrogens with two attached hydrogens (primary N) is 2. The third kappa shape index (κ3) is 11.4. The number of unbranched alkanes of at least 4 members (excludes halogenated alkanes) is 1. The molecule has 0 bridgehead atoms. The van der Waals surface area contributed by atoms with Gasteiger partial charge in [-0.05, 0) is 57.1 Å². The molecular formula is C20H39N5O5S. The number of carboxylic acids is 1. The number of hydrogen-bond donors (Lipinski definition) is 6. The maximum absolute atomic E-state index is 12.9. The number of rotatable bonds is 16. The zero-order chi connectivity index (χ0) is 24.0. The van der Waals surface area contributed by atoms with Crippen molar-refractivity contribution in [3.05, 3.63) is 0 Å². The molecule has 0 radical (unpaired) electrons. The molecule has 0 aromatic rings. The Bertz CT molecular complexity index is 592. The summed E-state index contributed by atoms with van der Waals surface area (Å²) in [5.74, 6) is -2.11. The van der Waals surface area contributed by atoms with Gasteiger partial charge in [0.1, 0.15) is 18.1 Å². The topological polar surface area (TPSA) is 177 Å². The summed E-state index contributed by atoms with van der Waals surface area (Å²) < 4.78 is 0. The van der Waals surface area contributed by atoms with E-state index in [1.807, 2.05) is 20.1 Å². The Morgan fingerprint density at radius 2 is 1.48 bits per heavy atom. The van der Waals surface area contributed by atoms with Crippen LogP contribution >= 0.6 is 11.8 Å². The average Bonchev–Trinajstić information content (AvgIpc) is 2.74. The Morgan fingerprint density at radius 1 is 0.935 bits per heavy atom.